The molecule has 188 valence electrons. The number of nitrogens with two attached hydrogens (primary N) is 1. The zero-order valence-electron chi connectivity index (χ0n) is 20.3. The maximum atomic E-state index is 12.0. The monoisotopic (exact) mass is 514 g/mol. The Morgan fingerprint density at radius 2 is 2.03 bits per heavy atom. The summed E-state index contributed by atoms with van der Waals surface area (Å²) >= 11 is 1.45. The van der Waals surface area contributed by atoms with Crippen molar-refractivity contribution in [3.8, 4) is 5.75 Å². The number of likely N-dealkylation sites (N-methyl/N-ethyl adjacent to an activating group) is 1. The van der Waals surface area contributed by atoms with Crippen molar-refractivity contribution in [1.82, 2.24) is 24.9 Å². The number of amides is 1. The number of benzene rings is 1. The fraction of sp³-hybridized carbons (Fsp3) is 0.346. The number of aromatic nitrogens is 5. The highest BCUT2D eigenvalue weighted by Gasteiger charge is 2.46. The molecule has 1 aromatic carbocycles. The lowest BCUT2D eigenvalue weighted by Gasteiger charge is -2.41. The molecule has 1 fully saturated rings. The molecule has 10 nitrogen and oxygen atoms in total. The van der Waals surface area contributed by atoms with E-state index in [0.29, 0.717) is 17.0 Å². The van der Waals surface area contributed by atoms with Gasteiger partial charge in [-0.25, -0.2) is 9.97 Å². The number of fused-ring (bicyclic) bond motifs is 3. The van der Waals surface area contributed by atoms with E-state index in [1.54, 1.807) is 18.1 Å². The molecular formula is C26H26N8O2S. The highest BCUT2D eigenvalue weighted by atomic mass is 32.2. The van der Waals surface area contributed by atoms with Crippen LogP contribution in [-0.2, 0) is 11.2 Å². The third kappa shape index (κ3) is 3.64. The number of carbonyl (C=O) groups excluding carboxylic acids is 1. The van der Waals surface area contributed by atoms with E-state index in [2.05, 4.69) is 25.9 Å². The van der Waals surface area contributed by atoms with E-state index in [9.17, 15) is 4.79 Å². The Bertz CT molecular complexity index is 1530. The summed E-state index contributed by atoms with van der Waals surface area (Å²) in [6.45, 7) is 1.76. The van der Waals surface area contributed by atoms with Gasteiger partial charge in [0.25, 0.3) is 5.91 Å². The number of hydrogen-bond acceptors (Lipinski definition) is 9. The minimum absolute atomic E-state index is 0.0281. The number of pyridine rings is 1. The quantitative estimate of drug-likeness (QED) is 0.424. The molecule has 37 heavy (non-hydrogen) atoms. The van der Waals surface area contributed by atoms with Crippen LogP contribution in [0.15, 0.2) is 52.6 Å². The predicted octanol–water partition coefficient (Wildman–Crippen LogP) is 3.10. The van der Waals surface area contributed by atoms with E-state index in [1.165, 1.54) is 17.3 Å². The highest BCUT2D eigenvalue weighted by Crippen LogP contribution is 2.50. The first kappa shape index (κ1) is 22.5. The molecule has 3 aromatic heterocycles. The van der Waals surface area contributed by atoms with Crippen LogP contribution in [-0.4, -0.2) is 57.6 Å². The van der Waals surface area contributed by atoms with Crippen molar-refractivity contribution in [1.29, 1.82) is 0 Å². The van der Waals surface area contributed by atoms with Crippen LogP contribution in [0.25, 0.3) is 11.3 Å². The second kappa shape index (κ2) is 8.42. The van der Waals surface area contributed by atoms with Crippen LogP contribution in [0.3, 0.4) is 0 Å². The van der Waals surface area contributed by atoms with Gasteiger partial charge in [-0.15, -0.1) is 0 Å². The van der Waals surface area contributed by atoms with Gasteiger partial charge in [0, 0.05) is 38.1 Å². The molecule has 0 saturated carbocycles. The summed E-state index contributed by atoms with van der Waals surface area (Å²) < 4.78 is 5.75. The van der Waals surface area contributed by atoms with Crippen LogP contribution in [0.2, 0.25) is 0 Å². The summed E-state index contributed by atoms with van der Waals surface area (Å²) in [6, 6.07) is 9.88. The number of rotatable bonds is 3. The molecule has 0 unspecified atom stereocenters. The normalized spacial score (nSPS) is 20.3. The number of nitrogens with one attached hydrogen (secondary N) is 1. The van der Waals surface area contributed by atoms with Crippen molar-refractivity contribution in [3.63, 3.8) is 0 Å². The first-order chi connectivity index (χ1) is 18.0. The van der Waals surface area contributed by atoms with Gasteiger partial charge < -0.3 is 25.3 Å². The van der Waals surface area contributed by atoms with Crippen LogP contribution in [0.4, 0.5) is 11.6 Å². The molecule has 1 saturated heterocycles. The van der Waals surface area contributed by atoms with Gasteiger partial charge in [0.15, 0.2) is 23.7 Å². The maximum Gasteiger partial charge on any atom is 0.264 e. The number of H-pyrrole nitrogens is 1. The Labute approximate surface area is 217 Å². The number of hydrogen-bond donors (Lipinski definition) is 2. The first-order valence-electron chi connectivity index (χ1n) is 12.4. The lowest BCUT2D eigenvalue weighted by atomic mass is 9.73. The van der Waals surface area contributed by atoms with Gasteiger partial charge >= 0.3 is 0 Å². The van der Waals surface area contributed by atoms with Gasteiger partial charge in [-0.05, 0) is 48.4 Å². The standard InChI is InChI=1S/C26H26N8O2S/c1-33-17-5-2-6-18(21(17)36-14-20(33)35)37-19-13-29-23-24(30-19)32-25(31-23)34-10-7-26(8-11-34)12-16-15(22(26)27)4-3-9-28-16/h2-6,9,13,22H,7-8,10-12,14,27H2,1H3,(H,29,30,31,32)/t22-/m1/s1. The molecule has 0 radical (unpaired) electrons. The number of imidazole rings is 1. The summed E-state index contributed by atoms with van der Waals surface area (Å²) in [7, 11) is 1.76. The van der Waals surface area contributed by atoms with Crippen LogP contribution in [0.1, 0.15) is 30.1 Å². The lowest BCUT2D eigenvalue weighted by Crippen LogP contribution is -2.44. The molecule has 1 atom stereocenters. The molecule has 3 N–H and O–H groups in total. The molecule has 1 spiro atoms. The second-order valence-corrected chi connectivity index (χ2v) is 11.0. The number of para-hydroxylation sites is 1. The van der Waals surface area contributed by atoms with Crippen LogP contribution < -0.4 is 20.3 Å². The Kier molecular flexibility index (Phi) is 5.12. The fourth-order valence-electron chi connectivity index (χ4n) is 5.74. The Hall–Kier alpha value is -3.70. The van der Waals surface area contributed by atoms with Crippen molar-refractivity contribution in [2.24, 2.45) is 11.1 Å². The SMILES string of the molecule is CN1C(=O)COc2c(Sc3cnc4nc(N5CCC6(CC5)Cc5ncccc5[C@H]6N)[nH]c4n3)cccc21. The van der Waals surface area contributed by atoms with Gasteiger partial charge in [-0.1, -0.05) is 23.9 Å². The van der Waals surface area contributed by atoms with Gasteiger partial charge in [-0.3, -0.25) is 9.78 Å². The van der Waals surface area contributed by atoms with E-state index >= 15 is 0 Å². The lowest BCUT2D eigenvalue weighted by molar-refractivity contribution is -0.121. The minimum atomic E-state index is -0.0689. The Balaban J connectivity index is 1.09. The number of piperidine rings is 1. The average Bonchev–Trinajstić information content (AvgIpc) is 3.46. The maximum absolute atomic E-state index is 12.0. The number of anilines is 2. The van der Waals surface area contributed by atoms with Crippen molar-refractivity contribution in [3.05, 3.63) is 54.0 Å². The molecule has 5 heterocycles. The zero-order chi connectivity index (χ0) is 25.1. The number of aromatic amines is 1. The van der Waals surface area contributed by atoms with Crippen molar-refractivity contribution in [2.75, 3.05) is 36.5 Å². The topological polar surface area (TPSA) is 126 Å². The molecule has 1 amide bonds. The number of carbonyl (C=O) groups is 1. The van der Waals surface area contributed by atoms with Crippen molar-refractivity contribution in [2.45, 2.75) is 35.2 Å². The van der Waals surface area contributed by atoms with Gasteiger partial charge in [0.05, 0.1) is 16.8 Å². The summed E-state index contributed by atoms with van der Waals surface area (Å²) in [4.78, 5) is 38.8. The largest absolute Gasteiger partial charge is 0.480 e. The summed E-state index contributed by atoms with van der Waals surface area (Å²) in [6.07, 6.45) is 6.50. The minimum Gasteiger partial charge on any atom is -0.480 e. The highest BCUT2D eigenvalue weighted by molar-refractivity contribution is 7.99. The van der Waals surface area contributed by atoms with E-state index < -0.39 is 0 Å². The van der Waals surface area contributed by atoms with E-state index in [4.69, 9.17) is 20.4 Å². The predicted molar refractivity (Wildman–Crippen MR) is 140 cm³/mol. The molecule has 3 aliphatic rings. The zero-order valence-corrected chi connectivity index (χ0v) is 21.2. The Morgan fingerprint density at radius 3 is 2.86 bits per heavy atom. The third-order valence-electron chi connectivity index (χ3n) is 7.92. The second-order valence-electron chi connectivity index (χ2n) is 9.93. The Morgan fingerprint density at radius 1 is 1.16 bits per heavy atom. The average molecular weight is 515 g/mol. The molecule has 0 bridgehead atoms. The van der Waals surface area contributed by atoms with Gasteiger partial charge in [-0.2, -0.15) is 4.98 Å². The van der Waals surface area contributed by atoms with Gasteiger partial charge in [0.2, 0.25) is 5.95 Å². The summed E-state index contributed by atoms with van der Waals surface area (Å²) in [5.41, 5.74) is 11.1. The molecule has 2 aliphatic heterocycles. The number of nitrogens with zero attached hydrogens (tertiary/aromatic N) is 6. The molecule has 11 heteroatoms. The van der Waals surface area contributed by atoms with Crippen LogP contribution >= 0.6 is 11.8 Å². The van der Waals surface area contributed by atoms with Crippen molar-refractivity contribution >= 4 is 40.6 Å². The van der Waals surface area contributed by atoms with Crippen LogP contribution in [0.5, 0.6) is 5.75 Å². The first-order valence-corrected chi connectivity index (χ1v) is 13.2. The van der Waals surface area contributed by atoms with E-state index in [0.717, 1.165) is 59.6 Å². The van der Waals surface area contributed by atoms with Crippen LogP contribution in [0, 0.1) is 5.41 Å². The molecule has 1 aliphatic carbocycles. The van der Waals surface area contributed by atoms with Gasteiger partial charge in [0.1, 0.15) is 5.03 Å². The van der Waals surface area contributed by atoms with E-state index in [1.807, 2.05) is 30.5 Å². The molecule has 7 rings (SSSR count). The van der Waals surface area contributed by atoms with E-state index in [-0.39, 0.29) is 24.0 Å². The number of ether oxygens (including phenoxy) is 1. The van der Waals surface area contributed by atoms with Crippen molar-refractivity contribution < 1.29 is 9.53 Å². The molecular weight excluding hydrogens is 488 g/mol. The smallest absolute Gasteiger partial charge is 0.264 e. The fourth-order valence-corrected chi connectivity index (χ4v) is 6.61. The molecule has 4 aromatic rings. The third-order valence-corrected chi connectivity index (χ3v) is 8.87. The summed E-state index contributed by atoms with van der Waals surface area (Å²) in [5.74, 6) is 1.40. The summed E-state index contributed by atoms with van der Waals surface area (Å²) in [5, 5.41) is 0.721.